The van der Waals surface area contributed by atoms with Gasteiger partial charge in [0.15, 0.2) is 0 Å². The van der Waals surface area contributed by atoms with Crippen LogP contribution in [0.5, 0.6) is 5.75 Å². The van der Waals surface area contributed by atoms with Crippen LogP contribution in [-0.2, 0) is 11.2 Å². The molecule has 124 valence electrons. The van der Waals surface area contributed by atoms with Gasteiger partial charge in [0.1, 0.15) is 11.3 Å². The first-order valence-electron chi connectivity index (χ1n) is 7.18. The van der Waals surface area contributed by atoms with Crippen LogP contribution in [0, 0.1) is 13.8 Å². The molecule has 0 fully saturated rings. The Morgan fingerprint density at radius 2 is 1.92 bits per heavy atom. The summed E-state index contributed by atoms with van der Waals surface area (Å²) in [5.41, 5.74) is 3.23. The number of rotatable bonds is 3. The van der Waals surface area contributed by atoms with Crippen molar-refractivity contribution < 1.29 is 13.9 Å². The maximum Gasteiger partial charge on any atom is 0.315 e. The van der Waals surface area contributed by atoms with Gasteiger partial charge >= 0.3 is 5.97 Å². The molecule has 0 atom stereocenters. The standard InChI is InChI=1S/C18H13Cl3O3/c1-9-5-15-17(10(2)18(9)21)11(8-23-15)6-16(22)24-14-4-3-12(19)7-13(14)20/h3-5,7-8H,6H2,1-2H3. The molecule has 0 aliphatic heterocycles. The van der Waals surface area contributed by atoms with Gasteiger partial charge in [-0.1, -0.05) is 34.8 Å². The molecule has 1 aromatic heterocycles. The molecule has 0 radical (unpaired) electrons. The Labute approximate surface area is 154 Å². The fraction of sp³-hybridized carbons (Fsp3) is 0.167. The number of hydrogen-bond donors (Lipinski definition) is 0. The molecule has 0 unspecified atom stereocenters. The van der Waals surface area contributed by atoms with Gasteiger partial charge in [-0.15, -0.1) is 0 Å². The summed E-state index contributed by atoms with van der Waals surface area (Å²) >= 11 is 18.1. The number of benzene rings is 2. The zero-order valence-corrected chi connectivity index (χ0v) is 15.2. The first kappa shape index (κ1) is 17.2. The summed E-state index contributed by atoms with van der Waals surface area (Å²) in [6.07, 6.45) is 1.60. The molecule has 0 saturated heterocycles. The molecule has 1 heterocycles. The highest BCUT2D eigenvalue weighted by Gasteiger charge is 2.17. The van der Waals surface area contributed by atoms with Crippen molar-refractivity contribution in [3.8, 4) is 5.75 Å². The van der Waals surface area contributed by atoms with E-state index in [2.05, 4.69) is 0 Å². The van der Waals surface area contributed by atoms with Crippen molar-refractivity contribution in [2.75, 3.05) is 0 Å². The van der Waals surface area contributed by atoms with Crippen molar-refractivity contribution in [3.63, 3.8) is 0 Å². The van der Waals surface area contributed by atoms with Crippen molar-refractivity contribution in [2.45, 2.75) is 20.3 Å². The molecule has 0 spiro atoms. The molecule has 3 nitrogen and oxygen atoms in total. The summed E-state index contributed by atoms with van der Waals surface area (Å²) in [5.74, 6) is -0.178. The van der Waals surface area contributed by atoms with Gasteiger partial charge in [-0.05, 0) is 49.2 Å². The van der Waals surface area contributed by atoms with Crippen LogP contribution in [0.4, 0.5) is 0 Å². The van der Waals surface area contributed by atoms with Gasteiger partial charge in [-0.25, -0.2) is 0 Å². The summed E-state index contributed by atoms with van der Waals surface area (Å²) in [7, 11) is 0. The molecule has 0 aliphatic carbocycles. The average Bonchev–Trinajstić information content (AvgIpc) is 2.90. The number of aryl methyl sites for hydroxylation is 2. The lowest BCUT2D eigenvalue weighted by atomic mass is 10.0. The number of carbonyl (C=O) groups is 1. The van der Waals surface area contributed by atoms with Crippen LogP contribution >= 0.6 is 34.8 Å². The molecule has 0 bridgehead atoms. The number of furan rings is 1. The molecule has 6 heteroatoms. The predicted octanol–water partition coefficient (Wildman–Crippen LogP) is 6.16. The average molecular weight is 384 g/mol. The summed E-state index contributed by atoms with van der Waals surface area (Å²) in [6, 6.07) is 6.54. The van der Waals surface area contributed by atoms with E-state index in [1.165, 1.54) is 6.07 Å². The lowest BCUT2D eigenvalue weighted by molar-refractivity contribution is -0.133. The van der Waals surface area contributed by atoms with E-state index in [1.54, 1.807) is 18.4 Å². The minimum absolute atomic E-state index is 0.0478. The highest BCUT2D eigenvalue weighted by molar-refractivity contribution is 6.35. The Balaban J connectivity index is 1.87. The van der Waals surface area contributed by atoms with Gasteiger partial charge in [0.25, 0.3) is 0 Å². The second-order valence-corrected chi connectivity index (χ2v) is 6.71. The van der Waals surface area contributed by atoms with Gasteiger partial charge in [0, 0.05) is 21.0 Å². The maximum atomic E-state index is 12.2. The number of esters is 1. The molecule has 0 amide bonds. The zero-order valence-electron chi connectivity index (χ0n) is 13.0. The molecule has 0 saturated carbocycles. The van der Waals surface area contributed by atoms with Gasteiger partial charge in [-0.2, -0.15) is 0 Å². The van der Waals surface area contributed by atoms with Crippen molar-refractivity contribution in [1.29, 1.82) is 0 Å². The Hall–Kier alpha value is -1.68. The maximum absolute atomic E-state index is 12.2. The van der Waals surface area contributed by atoms with E-state index in [9.17, 15) is 4.79 Å². The van der Waals surface area contributed by atoms with Gasteiger partial charge in [0.05, 0.1) is 17.7 Å². The van der Waals surface area contributed by atoms with Gasteiger partial charge in [-0.3, -0.25) is 4.79 Å². The van der Waals surface area contributed by atoms with Crippen LogP contribution in [0.25, 0.3) is 11.0 Å². The Kier molecular flexibility index (Phi) is 4.77. The van der Waals surface area contributed by atoms with Crippen LogP contribution in [0.3, 0.4) is 0 Å². The van der Waals surface area contributed by atoms with Gasteiger partial charge in [0.2, 0.25) is 0 Å². The van der Waals surface area contributed by atoms with E-state index in [0.717, 1.165) is 22.1 Å². The van der Waals surface area contributed by atoms with E-state index >= 15 is 0 Å². The lowest BCUT2D eigenvalue weighted by Gasteiger charge is -2.07. The molecule has 3 aromatic rings. The smallest absolute Gasteiger partial charge is 0.315 e. The highest BCUT2D eigenvalue weighted by Crippen LogP contribution is 2.33. The Morgan fingerprint density at radius 3 is 2.62 bits per heavy atom. The van der Waals surface area contributed by atoms with E-state index in [-0.39, 0.29) is 17.2 Å². The second kappa shape index (κ2) is 6.67. The van der Waals surface area contributed by atoms with Crippen LogP contribution in [-0.4, -0.2) is 5.97 Å². The first-order chi connectivity index (χ1) is 11.4. The van der Waals surface area contributed by atoms with Crippen LogP contribution in [0.1, 0.15) is 16.7 Å². The third-order valence-electron chi connectivity index (χ3n) is 3.75. The van der Waals surface area contributed by atoms with Crippen LogP contribution in [0.15, 0.2) is 34.9 Å². The fourth-order valence-corrected chi connectivity index (χ4v) is 3.21. The SMILES string of the molecule is Cc1cc2occ(CC(=O)Oc3ccc(Cl)cc3Cl)c2c(C)c1Cl. The van der Waals surface area contributed by atoms with Crippen LogP contribution < -0.4 is 4.74 Å². The molecule has 2 aromatic carbocycles. The number of ether oxygens (including phenoxy) is 1. The summed E-state index contributed by atoms with van der Waals surface area (Å²) < 4.78 is 10.9. The quantitative estimate of drug-likeness (QED) is 0.402. The van der Waals surface area contributed by atoms with Crippen LogP contribution in [0.2, 0.25) is 15.1 Å². The minimum atomic E-state index is -0.446. The topological polar surface area (TPSA) is 39.4 Å². The number of fused-ring (bicyclic) bond motifs is 1. The van der Waals surface area contributed by atoms with E-state index < -0.39 is 5.97 Å². The number of carbonyl (C=O) groups excluding carboxylic acids is 1. The summed E-state index contributed by atoms with van der Waals surface area (Å²) in [6.45, 7) is 3.81. The van der Waals surface area contributed by atoms with Crippen molar-refractivity contribution in [1.82, 2.24) is 0 Å². The zero-order chi connectivity index (χ0) is 17.4. The molecule has 3 rings (SSSR count). The summed E-state index contributed by atoms with van der Waals surface area (Å²) in [4.78, 5) is 12.2. The molecule has 0 N–H and O–H groups in total. The van der Waals surface area contributed by atoms with Crippen molar-refractivity contribution in [3.05, 3.63) is 62.3 Å². The third kappa shape index (κ3) is 3.25. The lowest BCUT2D eigenvalue weighted by Crippen LogP contribution is -2.11. The van der Waals surface area contributed by atoms with E-state index in [1.807, 2.05) is 19.9 Å². The minimum Gasteiger partial charge on any atom is -0.464 e. The third-order valence-corrected chi connectivity index (χ3v) is 4.86. The second-order valence-electron chi connectivity index (χ2n) is 5.49. The molecule has 24 heavy (non-hydrogen) atoms. The Morgan fingerprint density at radius 1 is 1.17 bits per heavy atom. The highest BCUT2D eigenvalue weighted by atomic mass is 35.5. The van der Waals surface area contributed by atoms with Crippen molar-refractivity contribution >= 4 is 51.7 Å². The predicted molar refractivity (Wildman–Crippen MR) is 96.5 cm³/mol. The first-order valence-corrected chi connectivity index (χ1v) is 8.31. The fourth-order valence-electron chi connectivity index (χ4n) is 2.61. The molecular weight excluding hydrogens is 371 g/mol. The van der Waals surface area contributed by atoms with E-state index in [0.29, 0.717) is 15.6 Å². The molecular formula is C18H13Cl3O3. The van der Waals surface area contributed by atoms with Gasteiger partial charge < -0.3 is 9.15 Å². The normalized spacial score (nSPS) is 11.0. The van der Waals surface area contributed by atoms with Crippen molar-refractivity contribution in [2.24, 2.45) is 0 Å². The monoisotopic (exact) mass is 382 g/mol. The molecule has 0 aliphatic rings. The summed E-state index contributed by atoms with van der Waals surface area (Å²) in [5, 5.41) is 2.26. The van der Waals surface area contributed by atoms with E-state index in [4.69, 9.17) is 44.0 Å². The number of hydrogen-bond acceptors (Lipinski definition) is 3. The number of halogens is 3. The largest absolute Gasteiger partial charge is 0.464 e. The Bertz CT molecular complexity index is 944.